The third kappa shape index (κ3) is 2.59. The van der Waals surface area contributed by atoms with Crippen molar-refractivity contribution >= 4 is 11.6 Å². The van der Waals surface area contributed by atoms with E-state index in [9.17, 15) is 15.0 Å². The van der Waals surface area contributed by atoms with Crippen molar-refractivity contribution in [1.82, 2.24) is 0 Å². The number of carbonyl (C=O) groups is 1. The zero-order valence-electron chi connectivity index (χ0n) is 11.7. The van der Waals surface area contributed by atoms with Crippen LogP contribution in [0, 0.1) is 13.8 Å². The highest BCUT2D eigenvalue weighted by Gasteiger charge is 2.21. The van der Waals surface area contributed by atoms with Crippen molar-refractivity contribution < 1.29 is 15.0 Å². The van der Waals surface area contributed by atoms with Gasteiger partial charge in [-0.3, -0.25) is 4.79 Å². The van der Waals surface area contributed by atoms with Crippen molar-refractivity contribution in [2.45, 2.75) is 13.8 Å². The topological polar surface area (TPSA) is 60.8 Å². The maximum Gasteiger partial charge on any atom is 0.265 e. The lowest BCUT2D eigenvalue weighted by molar-refractivity contribution is 0.0987. The van der Waals surface area contributed by atoms with E-state index in [2.05, 4.69) is 0 Å². The Morgan fingerprint density at radius 1 is 1.00 bits per heavy atom. The van der Waals surface area contributed by atoms with Crippen molar-refractivity contribution in [3.8, 4) is 11.5 Å². The number of rotatable bonds is 2. The summed E-state index contributed by atoms with van der Waals surface area (Å²) in [5, 5.41) is 19.5. The molecule has 0 saturated carbocycles. The van der Waals surface area contributed by atoms with Gasteiger partial charge in [0.2, 0.25) is 0 Å². The van der Waals surface area contributed by atoms with Gasteiger partial charge in [-0.15, -0.1) is 0 Å². The molecule has 2 aromatic rings. The zero-order valence-corrected chi connectivity index (χ0v) is 11.7. The highest BCUT2D eigenvalue weighted by molar-refractivity contribution is 6.09. The molecule has 4 heteroatoms. The summed E-state index contributed by atoms with van der Waals surface area (Å²) in [5.41, 5.74) is 2.71. The molecule has 0 bridgehead atoms. The second kappa shape index (κ2) is 5.25. The Kier molecular flexibility index (Phi) is 3.66. The van der Waals surface area contributed by atoms with Crippen LogP contribution in [0.4, 0.5) is 5.69 Å². The summed E-state index contributed by atoms with van der Waals surface area (Å²) in [5.74, 6) is -0.914. The van der Waals surface area contributed by atoms with Crippen molar-refractivity contribution in [2.24, 2.45) is 0 Å². The second-order valence-corrected chi connectivity index (χ2v) is 4.88. The number of carbonyl (C=O) groups excluding carboxylic acids is 1. The predicted octanol–water partition coefficient (Wildman–Crippen LogP) is 2.99. The summed E-state index contributed by atoms with van der Waals surface area (Å²) >= 11 is 0. The van der Waals surface area contributed by atoms with Crippen molar-refractivity contribution in [2.75, 3.05) is 11.9 Å². The predicted molar refractivity (Wildman–Crippen MR) is 78.4 cm³/mol. The van der Waals surface area contributed by atoms with Gasteiger partial charge in [-0.1, -0.05) is 12.1 Å². The lowest BCUT2D eigenvalue weighted by atomic mass is 10.1. The highest BCUT2D eigenvalue weighted by atomic mass is 16.3. The summed E-state index contributed by atoms with van der Waals surface area (Å²) in [6, 6.07) is 10.0. The molecule has 0 saturated heterocycles. The minimum Gasteiger partial charge on any atom is -0.507 e. The first-order chi connectivity index (χ1) is 9.40. The second-order valence-electron chi connectivity index (χ2n) is 4.88. The molecule has 20 heavy (non-hydrogen) atoms. The smallest absolute Gasteiger partial charge is 0.265 e. The molecular weight excluding hydrogens is 254 g/mol. The number of amides is 1. The van der Waals surface area contributed by atoms with Gasteiger partial charge in [0, 0.05) is 12.7 Å². The van der Waals surface area contributed by atoms with Crippen LogP contribution in [-0.4, -0.2) is 23.2 Å². The van der Waals surface area contributed by atoms with Crippen LogP contribution in [0.5, 0.6) is 11.5 Å². The van der Waals surface area contributed by atoms with Crippen LogP contribution < -0.4 is 4.90 Å². The Balaban J connectivity index is 2.42. The number of phenolic OH excluding ortho intramolecular Hbond substituents is 2. The third-order valence-corrected chi connectivity index (χ3v) is 3.13. The van der Waals surface area contributed by atoms with E-state index >= 15 is 0 Å². The number of benzene rings is 2. The molecule has 0 atom stereocenters. The van der Waals surface area contributed by atoms with Crippen LogP contribution >= 0.6 is 0 Å². The first kappa shape index (κ1) is 13.9. The molecule has 0 fully saturated rings. The first-order valence-electron chi connectivity index (χ1n) is 6.27. The van der Waals surface area contributed by atoms with Gasteiger partial charge in [0.05, 0.1) is 0 Å². The Morgan fingerprint density at radius 3 is 2.00 bits per heavy atom. The molecule has 4 nitrogen and oxygen atoms in total. The van der Waals surface area contributed by atoms with Gasteiger partial charge in [0.25, 0.3) is 5.91 Å². The lowest BCUT2D eigenvalue weighted by Gasteiger charge is -2.19. The number of aromatic hydroxyl groups is 2. The standard InChI is InChI=1S/C16H17NO3/c1-10-7-11(2)9-12(8-10)17(3)16(20)15-13(18)5-4-6-14(15)19/h4-9,18-19H,1-3H3. The largest absolute Gasteiger partial charge is 0.507 e. The van der Waals surface area contributed by atoms with E-state index in [4.69, 9.17) is 0 Å². The summed E-state index contributed by atoms with van der Waals surface area (Å²) in [6.45, 7) is 3.90. The fraction of sp³-hybridized carbons (Fsp3) is 0.188. The van der Waals surface area contributed by atoms with E-state index in [1.165, 1.54) is 23.1 Å². The number of aryl methyl sites for hydroxylation is 2. The number of phenols is 2. The summed E-state index contributed by atoms with van der Waals surface area (Å²) in [7, 11) is 1.61. The molecule has 0 unspecified atom stereocenters. The Hall–Kier alpha value is -2.49. The average Bonchev–Trinajstić information content (AvgIpc) is 2.36. The van der Waals surface area contributed by atoms with E-state index in [0.29, 0.717) is 0 Å². The van der Waals surface area contributed by atoms with Crippen molar-refractivity contribution in [3.05, 3.63) is 53.1 Å². The van der Waals surface area contributed by atoms with E-state index < -0.39 is 5.91 Å². The molecule has 2 N–H and O–H groups in total. The Morgan fingerprint density at radius 2 is 1.50 bits per heavy atom. The summed E-state index contributed by atoms with van der Waals surface area (Å²) in [4.78, 5) is 13.8. The van der Waals surface area contributed by atoms with Crippen LogP contribution in [-0.2, 0) is 0 Å². The molecule has 0 aliphatic heterocycles. The van der Waals surface area contributed by atoms with Crippen LogP contribution in [0.1, 0.15) is 21.5 Å². The van der Waals surface area contributed by atoms with Crippen molar-refractivity contribution in [3.63, 3.8) is 0 Å². The summed E-state index contributed by atoms with van der Waals surface area (Å²) < 4.78 is 0. The third-order valence-electron chi connectivity index (χ3n) is 3.13. The first-order valence-corrected chi connectivity index (χ1v) is 6.27. The van der Waals surface area contributed by atoms with Crippen LogP contribution in [0.15, 0.2) is 36.4 Å². The number of anilines is 1. The molecule has 0 heterocycles. The van der Waals surface area contributed by atoms with Crippen LogP contribution in [0.3, 0.4) is 0 Å². The van der Waals surface area contributed by atoms with Gasteiger partial charge in [-0.25, -0.2) is 0 Å². The lowest BCUT2D eigenvalue weighted by Crippen LogP contribution is -2.26. The molecule has 0 aliphatic rings. The molecule has 2 rings (SSSR count). The van der Waals surface area contributed by atoms with E-state index in [-0.39, 0.29) is 17.1 Å². The number of hydrogen-bond acceptors (Lipinski definition) is 3. The average molecular weight is 271 g/mol. The molecule has 0 aromatic heterocycles. The monoisotopic (exact) mass is 271 g/mol. The summed E-state index contributed by atoms with van der Waals surface area (Å²) in [6.07, 6.45) is 0. The Labute approximate surface area is 117 Å². The zero-order chi connectivity index (χ0) is 14.9. The van der Waals surface area contributed by atoms with Crippen molar-refractivity contribution in [1.29, 1.82) is 0 Å². The normalized spacial score (nSPS) is 10.3. The highest BCUT2D eigenvalue weighted by Crippen LogP contribution is 2.29. The van der Waals surface area contributed by atoms with Crippen LogP contribution in [0.2, 0.25) is 0 Å². The molecule has 0 spiro atoms. The van der Waals surface area contributed by atoms with Gasteiger partial charge < -0.3 is 15.1 Å². The molecule has 2 aromatic carbocycles. The van der Waals surface area contributed by atoms with Gasteiger partial charge in [0.1, 0.15) is 17.1 Å². The van der Waals surface area contributed by atoms with E-state index in [1.54, 1.807) is 7.05 Å². The SMILES string of the molecule is Cc1cc(C)cc(N(C)C(=O)c2c(O)cccc2O)c1. The minimum absolute atomic E-state index is 0.0887. The Bertz CT molecular complexity index is 624. The fourth-order valence-corrected chi connectivity index (χ4v) is 2.18. The maximum atomic E-state index is 12.4. The van der Waals surface area contributed by atoms with Crippen LogP contribution in [0.25, 0.3) is 0 Å². The fourth-order valence-electron chi connectivity index (χ4n) is 2.18. The van der Waals surface area contributed by atoms with E-state index in [0.717, 1.165) is 16.8 Å². The quantitative estimate of drug-likeness (QED) is 0.882. The molecular formula is C16H17NO3. The van der Waals surface area contributed by atoms with Gasteiger partial charge in [-0.2, -0.15) is 0 Å². The number of nitrogens with zero attached hydrogens (tertiary/aromatic N) is 1. The minimum atomic E-state index is -0.453. The van der Waals surface area contributed by atoms with Gasteiger partial charge in [0.15, 0.2) is 0 Å². The molecule has 0 radical (unpaired) electrons. The van der Waals surface area contributed by atoms with Gasteiger partial charge >= 0.3 is 0 Å². The van der Waals surface area contributed by atoms with Gasteiger partial charge in [-0.05, 0) is 49.2 Å². The molecule has 104 valence electrons. The number of hydrogen-bond donors (Lipinski definition) is 2. The molecule has 1 amide bonds. The maximum absolute atomic E-state index is 12.4. The molecule has 0 aliphatic carbocycles. The van der Waals surface area contributed by atoms with E-state index in [1.807, 2.05) is 32.0 Å².